The van der Waals surface area contributed by atoms with Gasteiger partial charge in [-0.15, -0.1) is 0 Å². The van der Waals surface area contributed by atoms with Crippen LogP contribution >= 0.6 is 0 Å². The number of aliphatic hydroxyl groups is 1. The zero-order valence-corrected chi connectivity index (χ0v) is 13.2. The lowest BCUT2D eigenvalue weighted by Gasteiger charge is -2.34. The van der Waals surface area contributed by atoms with Gasteiger partial charge in [0.15, 0.2) is 0 Å². The predicted octanol–water partition coefficient (Wildman–Crippen LogP) is 2.81. The van der Waals surface area contributed by atoms with Gasteiger partial charge >= 0.3 is 6.18 Å². The van der Waals surface area contributed by atoms with Crippen molar-refractivity contribution in [3.05, 3.63) is 53.3 Å². The van der Waals surface area contributed by atoms with Gasteiger partial charge in [-0.3, -0.25) is 4.79 Å². The smallest absolute Gasteiger partial charge is 0.433 e. The number of fused-ring (bicyclic) bond motifs is 1. The topological polar surface area (TPSA) is 62.7 Å². The van der Waals surface area contributed by atoms with Gasteiger partial charge in [-0.2, -0.15) is 13.2 Å². The Kier molecular flexibility index (Phi) is 4.38. The molecule has 0 bridgehead atoms. The van der Waals surface area contributed by atoms with Crippen molar-refractivity contribution in [1.82, 2.24) is 4.98 Å². The number of benzene rings is 1. The van der Waals surface area contributed by atoms with E-state index in [0.29, 0.717) is 11.4 Å². The Morgan fingerprint density at radius 1 is 1.32 bits per heavy atom. The van der Waals surface area contributed by atoms with Crippen LogP contribution in [0.15, 0.2) is 36.4 Å². The maximum Gasteiger partial charge on any atom is 0.433 e. The molecule has 5 nitrogen and oxygen atoms in total. The summed E-state index contributed by atoms with van der Waals surface area (Å²) in [6.45, 7) is 1.16. The predicted molar refractivity (Wildman–Crippen MR) is 83.6 cm³/mol. The summed E-state index contributed by atoms with van der Waals surface area (Å²) in [6.07, 6.45) is -5.18. The first-order chi connectivity index (χ1) is 11.8. The van der Waals surface area contributed by atoms with E-state index >= 15 is 0 Å². The Morgan fingerprint density at radius 3 is 2.68 bits per heavy atom. The van der Waals surface area contributed by atoms with E-state index in [4.69, 9.17) is 4.74 Å². The van der Waals surface area contributed by atoms with Crippen LogP contribution in [0.3, 0.4) is 0 Å². The molecular weight excluding hydrogens is 337 g/mol. The summed E-state index contributed by atoms with van der Waals surface area (Å²) in [5.41, 5.74) is -0.487. The van der Waals surface area contributed by atoms with Gasteiger partial charge in [-0.1, -0.05) is 12.1 Å². The van der Waals surface area contributed by atoms with E-state index in [-0.39, 0.29) is 24.4 Å². The highest BCUT2D eigenvalue weighted by atomic mass is 19.4. The van der Waals surface area contributed by atoms with E-state index < -0.39 is 23.9 Å². The fourth-order valence-corrected chi connectivity index (χ4v) is 2.68. The number of hydrogen-bond acceptors (Lipinski definition) is 4. The molecule has 0 saturated heterocycles. The Hall–Kier alpha value is -2.61. The van der Waals surface area contributed by atoms with Gasteiger partial charge in [0.05, 0.1) is 30.1 Å². The normalized spacial score (nSPS) is 17.0. The summed E-state index contributed by atoms with van der Waals surface area (Å²) in [7, 11) is 0. The number of para-hydroxylation sites is 2. The number of anilines is 1. The van der Waals surface area contributed by atoms with Crippen molar-refractivity contribution in [1.29, 1.82) is 0 Å². The Bertz CT molecular complexity index is 808. The van der Waals surface area contributed by atoms with Gasteiger partial charge in [-0.05, 0) is 31.2 Å². The number of rotatable bonds is 2. The molecule has 0 saturated carbocycles. The van der Waals surface area contributed by atoms with E-state index in [1.165, 1.54) is 11.8 Å². The Labute approximate surface area is 141 Å². The molecule has 0 fully saturated rings. The second-order valence-electron chi connectivity index (χ2n) is 5.63. The van der Waals surface area contributed by atoms with Crippen molar-refractivity contribution in [2.45, 2.75) is 19.2 Å². The molecule has 132 valence electrons. The van der Waals surface area contributed by atoms with Gasteiger partial charge in [-0.25, -0.2) is 4.98 Å². The van der Waals surface area contributed by atoms with E-state index in [1.54, 1.807) is 24.3 Å². The number of amides is 1. The maximum atomic E-state index is 12.9. The van der Waals surface area contributed by atoms with Crippen LogP contribution in [-0.2, 0) is 6.18 Å². The summed E-state index contributed by atoms with van der Waals surface area (Å²) in [5, 5.41) is 9.37. The molecule has 1 aromatic heterocycles. The maximum absolute atomic E-state index is 12.9. The molecule has 25 heavy (non-hydrogen) atoms. The average Bonchev–Trinajstić information content (AvgIpc) is 2.59. The first-order valence-corrected chi connectivity index (χ1v) is 7.54. The number of aliphatic hydroxyl groups excluding tert-OH is 1. The highest BCUT2D eigenvalue weighted by molar-refractivity contribution is 6.07. The van der Waals surface area contributed by atoms with Crippen LogP contribution < -0.4 is 9.64 Å². The molecule has 1 aliphatic heterocycles. The van der Waals surface area contributed by atoms with Crippen molar-refractivity contribution in [3.63, 3.8) is 0 Å². The molecule has 1 atom stereocenters. The van der Waals surface area contributed by atoms with E-state index in [2.05, 4.69) is 4.98 Å². The second kappa shape index (κ2) is 6.36. The Morgan fingerprint density at radius 2 is 2.04 bits per heavy atom. The van der Waals surface area contributed by atoms with Crippen LogP contribution in [0.2, 0.25) is 0 Å². The lowest BCUT2D eigenvalue weighted by atomic mass is 10.1. The third-order valence-electron chi connectivity index (χ3n) is 3.89. The van der Waals surface area contributed by atoms with Crippen molar-refractivity contribution < 1.29 is 27.8 Å². The average molecular weight is 352 g/mol. The van der Waals surface area contributed by atoms with Crippen LogP contribution in [0.4, 0.5) is 18.9 Å². The number of carbonyl (C=O) groups excluding carboxylic acids is 1. The molecule has 1 amide bonds. The summed E-state index contributed by atoms with van der Waals surface area (Å²) in [5.74, 6) is -0.0633. The molecule has 1 aliphatic rings. The molecule has 1 unspecified atom stereocenters. The van der Waals surface area contributed by atoms with Gasteiger partial charge in [0, 0.05) is 0 Å². The number of halogens is 3. The third-order valence-corrected chi connectivity index (χ3v) is 3.89. The highest BCUT2D eigenvalue weighted by Crippen LogP contribution is 2.34. The Balaban J connectivity index is 1.98. The third kappa shape index (κ3) is 3.30. The number of pyridine rings is 1. The molecule has 1 N–H and O–H groups in total. The monoisotopic (exact) mass is 352 g/mol. The lowest BCUT2D eigenvalue weighted by Crippen LogP contribution is -2.45. The number of alkyl halides is 3. The molecule has 3 rings (SSSR count). The summed E-state index contributed by atoms with van der Waals surface area (Å²) in [4.78, 5) is 17.8. The van der Waals surface area contributed by atoms with Gasteiger partial charge < -0.3 is 14.7 Å². The van der Waals surface area contributed by atoms with Crippen molar-refractivity contribution in [2.75, 3.05) is 18.1 Å². The van der Waals surface area contributed by atoms with Gasteiger partial charge in [0.1, 0.15) is 17.5 Å². The molecule has 0 radical (unpaired) electrons. The van der Waals surface area contributed by atoms with Crippen LogP contribution in [0.5, 0.6) is 5.75 Å². The molecule has 8 heteroatoms. The molecular formula is C17H15F3N2O3. The van der Waals surface area contributed by atoms with E-state index in [0.717, 1.165) is 12.1 Å². The number of hydrogen-bond donors (Lipinski definition) is 1. The van der Waals surface area contributed by atoms with Crippen LogP contribution in [-0.4, -0.2) is 35.3 Å². The molecule has 0 aliphatic carbocycles. The molecule has 2 aromatic rings. The minimum absolute atomic E-state index is 0.00986. The molecule has 1 aromatic carbocycles. The largest absolute Gasteiger partial charge is 0.484 e. The standard InChI is InChI=1S/C17H15F3N2O3/c1-10-12(6-7-15(21-10)17(18,19)20)16(24)22-8-11(9-23)25-14-5-3-2-4-13(14)22/h2-7,11,23H,8-9H2,1H3. The van der Waals surface area contributed by atoms with Crippen LogP contribution in [0, 0.1) is 6.92 Å². The van der Waals surface area contributed by atoms with Gasteiger partial charge in [0.2, 0.25) is 0 Å². The first kappa shape index (κ1) is 17.2. The van der Waals surface area contributed by atoms with E-state index in [9.17, 15) is 23.1 Å². The zero-order valence-electron chi connectivity index (χ0n) is 13.2. The fraction of sp³-hybridized carbons (Fsp3) is 0.294. The molecule has 0 spiro atoms. The minimum Gasteiger partial charge on any atom is -0.484 e. The quantitative estimate of drug-likeness (QED) is 0.903. The second-order valence-corrected chi connectivity index (χ2v) is 5.63. The van der Waals surface area contributed by atoms with Crippen LogP contribution in [0.1, 0.15) is 21.7 Å². The lowest BCUT2D eigenvalue weighted by molar-refractivity contribution is -0.141. The number of ether oxygens (including phenoxy) is 1. The fourth-order valence-electron chi connectivity index (χ4n) is 2.68. The highest BCUT2D eigenvalue weighted by Gasteiger charge is 2.34. The number of carbonyl (C=O) groups is 1. The molecule has 2 heterocycles. The SMILES string of the molecule is Cc1nc(C(F)(F)F)ccc1C(=O)N1CC(CO)Oc2ccccc21. The first-order valence-electron chi connectivity index (χ1n) is 7.54. The van der Waals surface area contributed by atoms with Crippen molar-refractivity contribution in [2.24, 2.45) is 0 Å². The number of aromatic nitrogens is 1. The van der Waals surface area contributed by atoms with Crippen LogP contribution in [0.25, 0.3) is 0 Å². The number of aryl methyl sites for hydroxylation is 1. The number of nitrogens with zero attached hydrogens (tertiary/aromatic N) is 2. The van der Waals surface area contributed by atoms with Crippen molar-refractivity contribution in [3.8, 4) is 5.75 Å². The summed E-state index contributed by atoms with van der Waals surface area (Å²) in [6, 6.07) is 8.70. The summed E-state index contributed by atoms with van der Waals surface area (Å²) < 4.78 is 43.8. The van der Waals surface area contributed by atoms with E-state index in [1.807, 2.05) is 0 Å². The van der Waals surface area contributed by atoms with Crippen molar-refractivity contribution >= 4 is 11.6 Å². The van der Waals surface area contributed by atoms with Gasteiger partial charge in [0.25, 0.3) is 5.91 Å². The zero-order chi connectivity index (χ0) is 18.2. The minimum atomic E-state index is -4.57. The summed E-state index contributed by atoms with van der Waals surface area (Å²) >= 11 is 0.